The summed E-state index contributed by atoms with van der Waals surface area (Å²) >= 11 is 0. The number of hydrogen-bond donors (Lipinski definition) is 4. The molecule has 188 valence electrons. The van der Waals surface area contributed by atoms with Gasteiger partial charge in [-0.2, -0.15) is 0 Å². The van der Waals surface area contributed by atoms with E-state index in [1.807, 2.05) is 27.7 Å². The van der Waals surface area contributed by atoms with Gasteiger partial charge < -0.3 is 19.6 Å². The smallest absolute Gasteiger partial charge is 0.303 e. The molecule has 0 aromatic rings. The Labute approximate surface area is 190 Å². The van der Waals surface area contributed by atoms with Crippen molar-refractivity contribution < 1.29 is 46.2 Å². The topological polar surface area (TPSA) is 168 Å². The maximum absolute atomic E-state index is 12.1. The maximum Gasteiger partial charge on any atom is 0.469 e. The minimum absolute atomic E-state index is 0.0782. The van der Waals surface area contributed by atoms with E-state index in [4.69, 9.17) is 19.6 Å². The molecule has 0 aromatic heterocycles. The van der Waals surface area contributed by atoms with Gasteiger partial charge in [0.25, 0.3) is 0 Å². The van der Waals surface area contributed by atoms with Gasteiger partial charge in [-0.1, -0.05) is 27.7 Å². The Bertz CT molecular complexity index is 616. The SMILES string of the molecule is CC(C)(CCCS(=O)CCCS(=O)CCCC(C)(C)COP(=O)(O)O)COP(=O)(O)O. The molecule has 0 saturated heterocycles. The summed E-state index contributed by atoms with van der Waals surface area (Å²) in [4.78, 5) is 35.1. The van der Waals surface area contributed by atoms with E-state index in [1.54, 1.807) is 0 Å². The predicted octanol–water partition coefficient (Wildman–Crippen LogP) is 2.71. The molecule has 0 amide bonds. The lowest BCUT2D eigenvalue weighted by Crippen LogP contribution is -2.20. The first-order valence-corrected chi connectivity index (χ1v) is 16.0. The van der Waals surface area contributed by atoms with Gasteiger partial charge in [0.15, 0.2) is 0 Å². The molecule has 0 aliphatic heterocycles. The van der Waals surface area contributed by atoms with Crippen molar-refractivity contribution in [3.63, 3.8) is 0 Å². The first kappa shape index (κ1) is 31.5. The summed E-state index contributed by atoms with van der Waals surface area (Å²) in [5.41, 5.74) is -0.867. The molecular formula is C17H38O10P2S2. The molecule has 31 heavy (non-hydrogen) atoms. The van der Waals surface area contributed by atoms with Gasteiger partial charge >= 0.3 is 15.6 Å². The second kappa shape index (κ2) is 14.0. The Kier molecular flexibility index (Phi) is 14.3. The van der Waals surface area contributed by atoms with Crippen molar-refractivity contribution in [3.05, 3.63) is 0 Å². The third-order valence-electron chi connectivity index (χ3n) is 4.44. The molecular weight excluding hydrogens is 490 g/mol. The Morgan fingerprint density at radius 3 is 1.23 bits per heavy atom. The number of phosphoric ester groups is 2. The summed E-state index contributed by atoms with van der Waals surface area (Å²) in [5, 5.41) is 0. The Morgan fingerprint density at radius 2 is 0.935 bits per heavy atom. The number of rotatable bonds is 18. The van der Waals surface area contributed by atoms with E-state index < -0.39 is 48.1 Å². The first-order chi connectivity index (χ1) is 13.9. The van der Waals surface area contributed by atoms with Gasteiger partial charge in [-0.3, -0.25) is 17.5 Å². The summed E-state index contributed by atoms with van der Waals surface area (Å²) in [6.45, 7) is 7.15. The summed E-state index contributed by atoms with van der Waals surface area (Å²) < 4.78 is 54.8. The van der Waals surface area contributed by atoms with Crippen molar-refractivity contribution in [2.24, 2.45) is 10.8 Å². The van der Waals surface area contributed by atoms with Gasteiger partial charge in [0, 0.05) is 44.6 Å². The minimum Gasteiger partial charge on any atom is -0.303 e. The average molecular weight is 529 g/mol. The molecule has 0 bridgehead atoms. The lowest BCUT2D eigenvalue weighted by atomic mass is 9.89. The van der Waals surface area contributed by atoms with Crippen LogP contribution < -0.4 is 0 Å². The Balaban J connectivity index is 3.95. The van der Waals surface area contributed by atoms with Crippen LogP contribution in [-0.4, -0.2) is 64.2 Å². The van der Waals surface area contributed by atoms with Crippen molar-refractivity contribution in [2.75, 3.05) is 36.2 Å². The molecule has 0 heterocycles. The molecule has 2 atom stereocenters. The average Bonchev–Trinajstić information content (AvgIpc) is 2.57. The third-order valence-corrected chi connectivity index (χ3v) is 8.35. The molecule has 0 aliphatic rings. The summed E-state index contributed by atoms with van der Waals surface area (Å²) in [6.07, 6.45) is 3.09. The van der Waals surface area contributed by atoms with E-state index in [9.17, 15) is 17.5 Å². The third kappa shape index (κ3) is 20.8. The highest BCUT2D eigenvalue weighted by Gasteiger charge is 2.25. The fourth-order valence-corrected chi connectivity index (χ4v) is 6.16. The van der Waals surface area contributed by atoms with Gasteiger partial charge in [0.1, 0.15) is 0 Å². The zero-order chi connectivity index (χ0) is 24.3. The van der Waals surface area contributed by atoms with Crippen LogP contribution in [0.5, 0.6) is 0 Å². The van der Waals surface area contributed by atoms with Gasteiger partial charge in [0.2, 0.25) is 0 Å². The van der Waals surface area contributed by atoms with Crippen molar-refractivity contribution >= 4 is 37.2 Å². The van der Waals surface area contributed by atoms with E-state index in [0.29, 0.717) is 55.1 Å². The van der Waals surface area contributed by atoms with Crippen LogP contribution in [0.2, 0.25) is 0 Å². The molecule has 0 rings (SSSR count). The molecule has 4 N–H and O–H groups in total. The quantitative estimate of drug-likeness (QED) is 0.194. The number of hydrogen-bond acceptors (Lipinski definition) is 6. The summed E-state index contributed by atoms with van der Waals surface area (Å²) in [7, 11) is -11.1. The van der Waals surface area contributed by atoms with Crippen molar-refractivity contribution in [1.29, 1.82) is 0 Å². The van der Waals surface area contributed by atoms with Crippen molar-refractivity contribution in [2.45, 2.75) is 59.8 Å². The van der Waals surface area contributed by atoms with Crippen LogP contribution in [0.3, 0.4) is 0 Å². The van der Waals surface area contributed by atoms with Crippen molar-refractivity contribution in [3.8, 4) is 0 Å². The van der Waals surface area contributed by atoms with Crippen LogP contribution in [0, 0.1) is 10.8 Å². The second-order valence-corrected chi connectivity index (χ2v) is 15.0. The Morgan fingerprint density at radius 1 is 0.645 bits per heavy atom. The van der Waals surface area contributed by atoms with Gasteiger partial charge in [-0.25, -0.2) is 9.13 Å². The Hall–Kier alpha value is 0.520. The van der Waals surface area contributed by atoms with Crippen molar-refractivity contribution in [1.82, 2.24) is 0 Å². The molecule has 0 radical (unpaired) electrons. The fourth-order valence-electron chi connectivity index (χ4n) is 2.67. The van der Waals surface area contributed by atoms with Gasteiger partial charge in [-0.05, 0) is 42.9 Å². The van der Waals surface area contributed by atoms with E-state index in [0.717, 1.165) is 0 Å². The largest absolute Gasteiger partial charge is 0.469 e. The molecule has 0 spiro atoms. The van der Waals surface area contributed by atoms with Gasteiger partial charge in [-0.15, -0.1) is 0 Å². The summed E-state index contributed by atoms with van der Waals surface area (Å²) in [6, 6.07) is 0. The normalized spacial score (nSPS) is 15.7. The van der Waals surface area contributed by atoms with Crippen LogP contribution >= 0.6 is 15.6 Å². The van der Waals surface area contributed by atoms with Crippen LogP contribution in [0.4, 0.5) is 0 Å². The van der Waals surface area contributed by atoms with Crippen LogP contribution in [0.15, 0.2) is 0 Å². The van der Waals surface area contributed by atoms with Crippen LogP contribution in [0.25, 0.3) is 0 Å². The zero-order valence-corrected chi connectivity index (χ0v) is 22.1. The lowest BCUT2D eigenvalue weighted by Gasteiger charge is -2.24. The monoisotopic (exact) mass is 528 g/mol. The predicted molar refractivity (Wildman–Crippen MR) is 122 cm³/mol. The second-order valence-electron chi connectivity index (χ2n) is 9.11. The maximum atomic E-state index is 12.1. The van der Waals surface area contributed by atoms with Crippen LogP contribution in [-0.2, 0) is 39.8 Å². The highest BCUT2D eigenvalue weighted by atomic mass is 32.2. The fraction of sp³-hybridized carbons (Fsp3) is 1.00. The van der Waals surface area contributed by atoms with Gasteiger partial charge in [0.05, 0.1) is 13.2 Å². The highest BCUT2D eigenvalue weighted by Crippen LogP contribution is 2.39. The van der Waals surface area contributed by atoms with E-state index in [1.165, 1.54) is 0 Å². The highest BCUT2D eigenvalue weighted by molar-refractivity contribution is 7.85. The molecule has 0 aromatic carbocycles. The number of phosphoric acid groups is 2. The zero-order valence-electron chi connectivity index (χ0n) is 18.7. The molecule has 10 nitrogen and oxygen atoms in total. The molecule has 2 unspecified atom stereocenters. The summed E-state index contributed by atoms with van der Waals surface area (Å²) in [5.74, 6) is 1.85. The van der Waals surface area contributed by atoms with Crippen LogP contribution in [0.1, 0.15) is 59.8 Å². The standard InChI is InChI=1S/C17H38O10P2S2/c1-16(2,14-26-28(18,19)20)8-5-10-30(24)12-7-13-31(25)11-6-9-17(3,4)15-27-29(21,22)23/h5-15H2,1-4H3,(H2,18,19,20)(H2,21,22,23). The molecule has 0 saturated carbocycles. The first-order valence-electron chi connectivity index (χ1n) is 10.0. The van der Waals surface area contributed by atoms with E-state index >= 15 is 0 Å². The molecule has 14 heteroatoms. The van der Waals surface area contributed by atoms with E-state index in [2.05, 4.69) is 9.05 Å². The molecule has 0 aliphatic carbocycles. The minimum atomic E-state index is -4.49. The lowest BCUT2D eigenvalue weighted by molar-refractivity contribution is 0.122. The van der Waals surface area contributed by atoms with E-state index in [-0.39, 0.29) is 13.2 Å². The molecule has 0 fully saturated rings.